The minimum absolute atomic E-state index is 0.0912. The highest BCUT2D eigenvalue weighted by molar-refractivity contribution is 6.00. The molecule has 2 unspecified atom stereocenters. The van der Waals surface area contributed by atoms with Crippen molar-refractivity contribution in [2.45, 2.75) is 30.8 Å². The smallest absolute Gasteiger partial charge is 0.313 e. The Morgan fingerprint density at radius 2 is 1.72 bits per heavy atom. The average molecular weight is 337 g/mol. The van der Waals surface area contributed by atoms with Gasteiger partial charge >= 0.3 is 5.97 Å². The molecule has 5 heteroatoms. The molecule has 1 heterocycles. The molecule has 1 amide bonds. The van der Waals surface area contributed by atoms with Gasteiger partial charge in [-0.1, -0.05) is 36.4 Å². The summed E-state index contributed by atoms with van der Waals surface area (Å²) >= 11 is 0. The van der Waals surface area contributed by atoms with E-state index >= 15 is 0 Å². The molecule has 2 aromatic rings. The van der Waals surface area contributed by atoms with E-state index in [9.17, 15) is 14.7 Å². The van der Waals surface area contributed by atoms with Crippen molar-refractivity contribution in [3.8, 4) is 5.75 Å². The minimum atomic E-state index is -0.929. The summed E-state index contributed by atoms with van der Waals surface area (Å²) in [6.07, 6.45) is 1.82. The van der Waals surface area contributed by atoms with Crippen LogP contribution in [0.15, 0.2) is 48.5 Å². The number of ether oxygens (including phenoxy) is 1. The number of carbonyl (C=O) groups excluding carboxylic acids is 1. The lowest BCUT2D eigenvalue weighted by Crippen LogP contribution is -2.46. The maximum Gasteiger partial charge on any atom is 0.313 e. The number of carbonyl (C=O) groups is 2. The molecule has 2 atom stereocenters. The second kappa shape index (κ2) is 5.92. The van der Waals surface area contributed by atoms with E-state index in [2.05, 4.69) is 0 Å². The fourth-order valence-corrected chi connectivity index (χ4v) is 3.81. The number of carboxylic acid groups (broad SMARTS) is 1. The molecule has 0 aromatic heterocycles. The molecule has 1 aliphatic heterocycles. The number of methoxy groups -OCH3 is 1. The highest BCUT2D eigenvalue weighted by Crippen LogP contribution is 2.49. The summed E-state index contributed by atoms with van der Waals surface area (Å²) in [5.74, 6) is -1.23. The summed E-state index contributed by atoms with van der Waals surface area (Å²) in [5.41, 5.74) is 1.81. The Hall–Kier alpha value is -2.82. The topological polar surface area (TPSA) is 66.8 Å². The normalized spacial score (nSPS) is 22.4. The Morgan fingerprint density at radius 1 is 1.08 bits per heavy atom. The molecule has 0 radical (unpaired) electrons. The number of hydrogen-bond donors (Lipinski definition) is 1. The van der Waals surface area contributed by atoms with Crippen LogP contribution in [0.1, 0.15) is 46.3 Å². The van der Waals surface area contributed by atoms with Crippen LogP contribution >= 0.6 is 0 Å². The predicted octanol–water partition coefficient (Wildman–Crippen LogP) is 3.22. The number of carboxylic acids is 1. The second-order valence-electron chi connectivity index (χ2n) is 6.53. The van der Waals surface area contributed by atoms with Crippen molar-refractivity contribution < 1.29 is 19.4 Å². The highest BCUT2D eigenvalue weighted by Gasteiger charge is 2.49. The Kier molecular flexibility index (Phi) is 3.71. The number of para-hydroxylation sites is 1. The van der Waals surface area contributed by atoms with Gasteiger partial charge < -0.3 is 14.7 Å². The van der Waals surface area contributed by atoms with Gasteiger partial charge in [-0.3, -0.25) is 9.59 Å². The van der Waals surface area contributed by atoms with E-state index in [1.807, 2.05) is 24.3 Å². The van der Waals surface area contributed by atoms with Gasteiger partial charge in [-0.2, -0.15) is 0 Å². The van der Waals surface area contributed by atoms with Crippen molar-refractivity contribution in [2.75, 3.05) is 7.11 Å². The van der Waals surface area contributed by atoms with Gasteiger partial charge in [0.15, 0.2) is 0 Å². The zero-order chi connectivity index (χ0) is 17.6. The van der Waals surface area contributed by atoms with Gasteiger partial charge in [-0.05, 0) is 30.5 Å². The number of benzene rings is 2. The summed E-state index contributed by atoms with van der Waals surface area (Å²) < 4.78 is 5.47. The second-order valence-corrected chi connectivity index (χ2v) is 6.53. The number of aliphatic carboxylic acids is 1. The van der Waals surface area contributed by atoms with E-state index in [4.69, 9.17) is 4.74 Å². The number of nitrogens with zero attached hydrogens (tertiary/aromatic N) is 1. The first-order valence-corrected chi connectivity index (χ1v) is 8.40. The number of rotatable bonds is 4. The third kappa shape index (κ3) is 2.47. The molecule has 1 saturated carbocycles. The van der Waals surface area contributed by atoms with Gasteiger partial charge in [0, 0.05) is 17.2 Å². The first kappa shape index (κ1) is 15.7. The molecule has 128 valence electrons. The maximum atomic E-state index is 13.1. The van der Waals surface area contributed by atoms with Crippen LogP contribution in [-0.4, -0.2) is 35.0 Å². The van der Waals surface area contributed by atoms with Gasteiger partial charge in [0.05, 0.1) is 13.2 Å². The van der Waals surface area contributed by atoms with Crippen LogP contribution in [0.5, 0.6) is 5.75 Å². The molecule has 2 aliphatic rings. The molecular formula is C20H19NO4. The quantitative estimate of drug-likeness (QED) is 0.930. The molecule has 4 rings (SSSR count). The van der Waals surface area contributed by atoms with Crippen molar-refractivity contribution >= 4 is 11.9 Å². The van der Waals surface area contributed by atoms with E-state index in [-0.39, 0.29) is 11.9 Å². The van der Waals surface area contributed by atoms with Crippen LogP contribution in [0.2, 0.25) is 0 Å². The first-order chi connectivity index (χ1) is 12.1. The van der Waals surface area contributed by atoms with E-state index in [0.29, 0.717) is 16.9 Å². The minimum Gasteiger partial charge on any atom is -0.496 e. The van der Waals surface area contributed by atoms with Crippen LogP contribution < -0.4 is 4.74 Å². The standard InChI is InChI=1S/C20H19NO4/c1-25-16-9-5-4-8-15(16)18-17(20(23)24)13-6-2-3-7-14(13)19(22)21(18)12-10-11-12/h2-9,12,17-18H,10-11H2,1H3,(H,23,24). The molecule has 1 fully saturated rings. The third-order valence-corrected chi connectivity index (χ3v) is 5.04. The lowest BCUT2D eigenvalue weighted by molar-refractivity contribution is -0.140. The van der Waals surface area contributed by atoms with Crippen molar-refractivity contribution in [1.29, 1.82) is 0 Å². The Labute approximate surface area is 145 Å². The van der Waals surface area contributed by atoms with Crippen LogP contribution in [0, 0.1) is 0 Å². The predicted molar refractivity (Wildman–Crippen MR) is 91.7 cm³/mol. The van der Waals surface area contributed by atoms with Gasteiger partial charge in [0.1, 0.15) is 11.7 Å². The largest absolute Gasteiger partial charge is 0.496 e. The SMILES string of the molecule is COc1ccccc1C1C(C(=O)O)c2ccccc2C(=O)N1C1CC1. The summed E-state index contributed by atoms with van der Waals surface area (Å²) in [7, 11) is 1.56. The molecule has 1 aliphatic carbocycles. The molecule has 0 saturated heterocycles. The molecule has 0 spiro atoms. The van der Waals surface area contributed by atoms with Gasteiger partial charge in [-0.15, -0.1) is 0 Å². The van der Waals surface area contributed by atoms with Crippen molar-refractivity contribution in [3.05, 3.63) is 65.2 Å². The Morgan fingerprint density at radius 3 is 2.36 bits per heavy atom. The summed E-state index contributed by atoms with van der Waals surface area (Å²) in [4.78, 5) is 27.1. The van der Waals surface area contributed by atoms with Crippen LogP contribution in [0.4, 0.5) is 0 Å². The zero-order valence-corrected chi connectivity index (χ0v) is 13.9. The van der Waals surface area contributed by atoms with Gasteiger partial charge in [-0.25, -0.2) is 0 Å². The van der Waals surface area contributed by atoms with E-state index < -0.39 is 17.9 Å². The third-order valence-electron chi connectivity index (χ3n) is 5.04. The van der Waals surface area contributed by atoms with Gasteiger partial charge in [0.2, 0.25) is 0 Å². The Bertz CT molecular complexity index is 843. The molecule has 25 heavy (non-hydrogen) atoms. The van der Waals surface area contributed by atoms with Crippen molar-refractivity contribution in [3.63, 3.8) is 0 Å². The first-order valence-electron chi connectivity index (χ1n) is 8.40. The lowest BCUT2D eigenvalue weighted by atomic mass is 9.79. The monoisotopic (exact) mass is 337 g/mol. The molecule has 2 aromatic carbocycles. The van der Waals surface area contributed by atoms with E-state index in [1.165, 1.54) is 0 Å². The van der Waals surface area contributed by atoms with Crippen LogP contribution in [0.25, 0.3) is 0 Å². The highest BCUT2D eigenvalue weighted by atomic mass is 16.5. The van der Waals surface area contributed by atoms with E-state index in [0.717, 1.165) is 18.4 Å². The molecular weight excluding hydrogens is 318 g/mol. The lowest BCUT2D eigenvalue weighted by Gasteiger charge is -2.41. The summed E-state index contributed by atoms with van der Waals surface area (Å²) in [6, 6.07) is 13.9. The van der Waals surface area contributed by atoms with Gasteiger partial charge in [0.25, 0.3) is 5.91 Å². The number of hydrogen-bond acceptors (Lipinski definition) is 3. The molecule has 5 nitrogen and oxygen atoms in total. The van der Waals surface area contributed by atoms with E-state index in [1.54, 1.807) is 36.3 Å². The Balaban J connectivity index is 1.95. The number of amides is 1. The maximum absolute atomic E-state index is 13.1. The average Bonchev–Trinajstić information content (AvgIpc) is 3.46. The summed E-state index contributed by atoms with van der Waals surface area (Å²) in [5, 5.41) is 10.0. The van der Waals surface area contributed by atoms with Crippen LogP contribution in [-0.2, 0) is 4.79 Å². The fourth-order valence-electron chi connectivity index (χ4n) is 3.81. The van der Waals surface area contributed by atoms with Crippen LogP contribution in [0.3, 0.4) is 0 Å². The molecule has 1 N–H and O–H groups in total. The fraction of sp³-hybridized carbons (Fsp3) is 0.300. The summed E-state index contributed by atoms with van der Waals surface area (Å²) in [6.45, 7) is 0. The molecule has 0 bridgehead atoms. The number of fused-ring (bicyclic) bond motifs is 1. The zero-order valence-electron chi connectivity index (χ0n) is 13.9. The van der Waals surface area contributed by atoms with Crippen molar-refractivity contribution in [2.24, 2.45) is 0 Å². The van der Waals surface area contributed by atoms with Crippen molar-refractivity contribution in [1.82, 2.24) is 4.90 Å².